The van der Waals surface area contributed by atoms with Crippen LogP contribution < -0.4 is 4.74 Å². The van der Waals surface area contributed by atoms with E-state index in [2.05, 4.69) is 6.07 Å². The first kappa shape index (κ1) is 25.0. The third-order valence-electron chi connectivity index (χ3n) is 7.64. The Morgan fingerprint density at radius 1 is 0.921 bits per heavy atom. The maximum absolute atomic E-state index is 12.5. The summed E-state index contributed by atoms with van der Waals surface area (Å²) in [7, 11) is 0. The molecule has 0 unspecified atom stereocenters. The van der Waals surface area contributed by atoms with E-state index in [-0.39, 0.29) is 29.8 Å². The van der Waals surface area contributed by atoms with Gasteiger partial charge < -0.3 is 14.9 Å². The molecule has 0 radical (unpaired) electrons. The summed E-state index contributed by atoms with van der Waals surface area (Å²) in [4.78, 5) is 24.3. The number of ether oxygens (including phenoxy) is 1. The molecule has 3 aromatic rings. The lowest BCUT2D eigenvalue weighted by Crippen LogP contribution is -2.57. The molecule has 3 aromatic carbocycles. The number of hydrogen-bond donors (Lipinski definition) is 2. The van der Waals surface area contributed by atoms with Gasteiger partial charge in [-0.15, -0.1) is 0 Å². The third-order valence-corrected chi connectivity index (χ3v) is 7.64. The van der Waals surface area contributed by atoms with E-state index in [1.165, 1.54) is 0 Å². The normalized spacial score (nSPS) is 22.5. The van der Waals surface area contributed by atoms with Gasteiger partial charge in [0.05, 0.1) is 30.6 Å². The van der Waals surface area contributed by atoms with Crippen molar-refractivity contribution in [1.29, 1.82) is 5.26 Å². The number of piperidine rings is 1. The van der Waals surface area contributed by atoms with Gasteiger partial charge in [-0.3, -0.25) is 4.48 Å². The highest BCUT2D eigenvalue weighted by atomic mass is 16.5. The van der Waals surface area contributed by atoms with Crippen molar-refractivity contribution in [1.82, 2.24) is 0 Å². The van der Waals surface area contributed by atoms with Crippen molar-refractivity contribution < 1.29 is 29.0 Å². The summed E-state index contributed by atoms with van der Waals surface area (Å²) in [6.45, 7) is 0.808. The van der Waals surface area contributed by atoms with Crippen LogP contribution >= 0.6 is 0 Å². The first-order valence-electron chi connectivity index (χ1n) is 12.4. The maximum Gasteiger partial charge on any atom is 0.390 e. The minimum Gasteiger partial charge on any atom is -0.478 e. The Morgan fingerprint density at radius 2 is 1.55 bits per heavy atom. The number of benzene rings is 3. The standard InChI is InChI=1S/C31H26N2O5/c32-21-31(24-9-2-1-3-10-24)14-16-33(17-15-31,26(30(36)37)19-29(34)35)20-23-18-22-8-4-6-12-27(22)38-28-13-7-5-11-25(23)28/h1-13,18-19H,14-17,20H2,(H-,34,35,36,37)/p+1/b26-19-. The second kappa shape index (κ2) is 10.0. The number of carboxylic acid groups (broad SMARTS) is 2. The van der Waals surface area contributed by atoms with Crippen molar-refractivity contribution in [2.45, 2.75) is 18.3 Å². The van der Waals surface area contributed by atoms with Crippen molar-refractivity contribution in [3.63, 3.8) is 0 Å². The van der Waals surface area contributed by atoms with Gasteiger partial charge >= 0.3 is 11.9 Å². The van der Waals surface area contributed by atoms with Gasteiger partial charge in [0.1, 0.15) is 18.0 Å². The lowest BCUT2D eigenvalue weighted by atomic mass is 9.73. The summed E-state index contributed by atoms with van der Waals surface area (Å²) in [5, 5.41) is 30.1. The quantitative estimate of drug-likeness (QED) is 0.339. The van der Waals surface area contributed by atoms with Crippen molar-refractivity contribution in [3.05, 3.63) is 107 Å². The van der Waals surface area contributed by atoms with Crippen LogP contribution in [0.25, 0.3) is 11.6 Å². The Hall–Kier alpha value is -4.67. The zero-order valence-corrected chi connectivity index (χ0v) is 20.7. The number of nitrogens with zero attached hydrogens (tertiary/aromatic N) is 2. The van der Waals surface area contributed by atoms with E-state index >= 15 is 0 Å². The average molecular weight is 508 g/mol. The molecule has 5 rings (SSSR count). The highest BCUT2D eigenvalue weighted by Gasteiger charge is 2.49. The van der Waals surface area contributed by atoms with Gasteiger partial charge in [0, 0.05) is 29.5 Å². The van der Waals surface area contributed by atoms with Gasteiger partial charge in [-0.25, -0.2) is 9.59 Å². The smallest absolute Gasteiger partial charge is 0.390 e. The van der Waals surface area contributed by atoms with Gasteiger partial charge in [-0.1, -0.05) is 66.7 Å². The Labute approximate surface area is 220 Å². The fourth-order valence-electron chi connectivity index (χ4n) is 5.63. The zero-order valence-electron chi connectivity index (χ0n) is 20.7. The topological polar surface area (TPSA) is 108 Å². The molecule has 0 bridgehead atoms. The molecular formula is C31H27N2O5+. The molecule has 2 heterocycles. The number of carboxylic acids is 2. The summed E-state index contributed by atoms with van der Waals surface area (Å²) >= 11 is 0. The number of likely N-dealkylation sites (tertiary alicyclic amines) is 1. The van der Waals surface area contributed by atoms with E-state index in [0.29, 0.717) is 24.3 Å². The van der Waals surface area contributed by atoms with E-state index in [9.17, 15) is 25.1 Å². The summed E-state index contributed by atoms with van der Waals surface area (Å²) in [5.74, 6) is -1.26. The molecule has 0 saturated carbocycles. The van der Waals surface area contributed by atoms with Crippen LogP contribution in [-0.4, -0.2) is 46.3 Å². The fraction of sp³-hybridized carbons (Fsp3) is 0.194. The highest BCUT2D eigenvalue weighted by molar-refractivity contribution is 5.93. The fourth-order valence-corrected chi connectivity index (χ4v) is 5.63. The van der Waals surface area contributed by atoms with E-state index in [1.807, 2.05) is 84.9 Å². The molecule has 1 fully saturated rings. The van der Waals surface area contributed by atoms with Gasteiger partial charge in [-0.2, -0.15) is 5.26 Å². The molecule has 190 valence electrons. The molecule has 2 N–H and O–H groups in total. The third kappa shape index (κ3) is 4.58. The van der Waals surface area contributed by atoms with E-state index < -0.39 is 17.4 Å². The highest BCUT2D eigenvalue weighted by Crippen LogP contribution is 2.44. The van der Waals surface area contributed by atoms with Crippen LogP contribution in [-0.2, 0) is 15.0 Å². The molecule has 2 aliphatic rings. The van der Waals surface area contributed by atoms with Crippen LogP contribution in [0.2, 0.25) is 0 Å². The molecule has 7 nitrogen and oxygen atoms in total. The zero-order chi connectivity index (χ0) is 26.8. The SMILES string of the molecule is N#CC1(c2ccccc2)CC[N+](CC2=Cc3ccccc3Oc3ccccc32)(/C(=C\C(=O)O)C(=O)O)CC1. The summed E-state index contributed by atoms with van der Waals surface area (Å²) in [6, 6.07) is 27.2. The number of quaternary nitrogens is 1. The molecule has 2 aliphatic heterocycles. The lowest BCUT2D eigenvalue weighted by Gasteiger charge is -2.46. The Kier molecular flexibility index (Phi) is 6.58. The van der Waals surface area contributed by atoms with Crippen molar-refractivity contribution in [3.8, 4) is 17.6 Å². The summed E-state index contributed by atoms with van der Waals surface area (Å²) < 4.78 is 6.11. The van der Waals surface area contributed by atoms with Crippen molar-refractivity contribution in [2.75, 3.05) is 19.6 Å². The molecule has 0 aliphatic carbocycles. The van der Waals surface area contributed by atoms with Gasteiger partial charge in [0.2, 0.25) is 5.70 Å². The second-order valence-electron chi connectivity index (χ2n) is 9.79. The molecule has 1 saturated heterocycles. The Morgan fingerprint density at radius 3 is 2.21 bits per heavy atom. The Balaban J connectivity index is 1.62. The van der Waals surface area contributed by atoms with Gasteiger partial charge in [-0.05, 0) is 23.8 Å². The van der Waals surface area contributed by atoms with Gasteiger partial charge in [0.15, 0.2) is 0 Å². The number of fused-ring (bicyclic) bond motifs is 2. The molecule has 0 aromatic heterocycles. The van der Waals surface area contributed by atoms with E-state index in [0.717, 1.165) is 28.3 Å². The molecule has 0 spiro atoms. The van der Waals surface area contributed by atoms with Crippen LogP contribution in [0.3, 0.4) is 0 Å². The van der Waals surface area contributed by atoms with Crippen LogP contribution in [0.15, 0.2) is 90.6 Å². The molecule has 0 amide bonds. The minimum absolute atomic E-state index is 0.0970. The van der Waals surface area contributed by atoms with Crippen LogP contribution in [0, 0.1) is 11.3 Å². The molecule has 7 heteroatoms. The largest absolute Gasteiger partial charge is 0.478 e. The van der Waals surface area contributed by atoms with Crippen LogP contribution in [0.1, 0.15) is 29.5 Å². The van der Waals surface area contributed by atoms with E-state index in [1.54, 1.807) is 0 Å². The first-order valence-corrected chi connectivity index (χ1v) is 12.4. The first-order chi connectivity index (χ1) is 18.4. The predicted molar refractivity (Wildman–Crippen MR) is 142 cm³/mol. The number of para-hydroxylation sites is 2. The number of rotatable bonds is 6. The number of aliphatic carboxylic acids is 2. The number of carbonyl (C=O) groups is 2. The van der Waals surface area contributed by atoms with E-state index in [4.69, 9.17) is 4.74 Å². The number of nitriles is 1. The van der Waals surface area contributed by atoms with Crippen molar-refractivity contribution in [2.24, 2.45) is 0 Å². The minimum atomic E-state index is -1.32. The molecule has 0 atom stereocenters. The molecular weight excluding hydrogens is 480 g/mol. The molecule has 38 heavy (non-hydrogen) atoms. The van der Waals surface area contributed by atoms with Crippen LogP contribution in [0.4, 0.5) is 0 Å². The summed E-state index contributed by atoms with van der Waals surface area (Å²) in [6.07, 6.45) is 3.57. The predicted octanol–water partition coefficient (Wildman–Crippen LogP) is 5.46. The Bertz CT molecular complexity index is 1490. The second-order valence-corrected chi connectivity index (χ2v) is 9.79. The number of hydrogen-bond acceptors (Lipinski definition) is 4. The van der Waals surface area contributed by atoms with Crippen molar-refractivity contribution >= 4 is 23.6 Å². The lowest BCUT2D eigenvalue weighted by molar-refractivity contribution is -0.887. The van der Waals surface area contributed by atoms with Crippen LogP contribution in [0.5, 0.6) is 11.5 Å². The maximum atomic E-state index is 12.5. The summed E-state index contributed by atoms with van der Waals surface area (Å²) in [5.41, 5.74) is 2.42. The van der Waals surface area contributed by atoms with Gasteiger partial charge in [0.25, 0.3) is 0 Å². The monoisotopic (exact) mass is 507 g/mol. The average Bonchev–Trinajstić information content (AvgIpc) is 3.09.